The molecule has 128 valence electrons. The number of amides is 1. The van der Waals surface area contributed by atoms with Gasteiger partial charge < -0.3 is 10.1 Å². The zero-order valence-corrected chi connectivity index (χ0v) is 15.3. The summed E-state index contributed by atoms with van der Waals surface area (Å²) in [5.41, 5.74) is 3.04. The second kappa shape index (κ2) is 9.44. The third-order valence-electron chi connectivity index (χ3n) is 3.05. The lowest BCUT2D eigenvalue weighted by atomic mass is 10.2. The lowest BCUT2D eigenvalue weighted by Crippen LogP contribution is -2.14. The van der Waals surface area contributed by atoms with Crippen LogP contribution in [-0.4, -0.2) is 29.2 Å². The minimum absolute atomic E-state index is 0.0934. The summed E-state index contributed by atoms with van der Waals surface area (Å²) in [5.74, 6) is 0.749. The standard InChI is InChI=1S/C17H20N2O3S2/c1-3-22-16(21)8-14-10-24-17(18-14)19-15(20)11-23-9-13-6-4-12(2)5-7-13/h4-7,10H,3,8-9,11H2,1-2H3,(H,18,19,20). The molecule has 0 fully saturated rings. The Labute approximate surface area is 149 Å². The van der Waals surface area contributed by atoms with E-state index in [1.54, 1.807) is 24.1 Å². The molecule has 0 aliphatic carbocycles. The molecule has 1 amide bonds. The number of hydrogen-bond donors (Lipinski definition) is 1. The molecule has 0 radical (unpaired) electrons. The molecule has 7 heteroatoms. The molecular formula is C17H20N2O3S2. The maximum Gasteiger partial charge on any atom is 0.311 e. The van der Waals surface area contributed by atoms with Crippen LogP contribution in [0.15, 0.2) is 29.6 Å². The summed E-state index contributed by atoms with van der Waals surface area (Å²) in [6.07, 6.45) is 0.127. The van der Waals surface area contributed by atoms with Gasteiger partial charge in [0.25, 0.3) is 0 Å². The number of esters is 1. The highest BCUT2D eigenvalue weighted by Crippen LogP contribution is 2.18. The Morgan fingerprint density at radius 1 is 1.29 bits per heavy atom. The number of rotatable bonds is 8. The van der Waals surface area contributed by atoms with Gasteiger partial charge in [0.15, 0.2) is 5.13 Å². The number of carbonyl (C=O) groups is 2. The van der Waals surface area contributed by atoms with Crippen molar-refractivity contribution >= 4 is 40.1 Å². The number of carbonyl (C=O) groups excluding carboxylic acids is 2. The number of ether oxygens (including phenoxy) is 1. The van der Waals surface area contributed by atoms with E-state index in [2.05, 4.69) is 41.5 Å². The van der Waals surface area contributed by atoms with Crippen LogP contribution >= 0.6 is 23.1 Å². The van der Waals surface area contributed by atoms with Crippen molar-refractivity contribution in [3.8, 4) is 0 Å². The Morgan fingerprint density at radius 3 is 2.75 bits per heavy atom. The number of nitrogens with one attached hydrogen (secondary N) is 1. The molecule has 1 heterocycles. The Balaban J connectivity index is 1.73. The molecule has 2 aromatic rings. The highest BCUT2D eigenvalue weighted by molar-refractivity contribution is 7.99. The van der Waals surface area contributed by atoms with Crippen LogP contribution in [0.1, 0.15) is 23.7 Å². The van der Waals surface area contributed by atoms with E-state index in [9.17, 15) is 9.59 Å². The van der Waals surface area contributed by atoms with Gasteiger partial charge in [0.05, 0.1) is 24.5 Å². The van der Waals surface area contributed by atoms with Gasteiger partial charge in [-0.3, -0.25) is 9.59 Å². The van der Waals surface area contributed by atoms with Gasteiger partial charge in [-0.1, -0.05) is 29.8 Å². The molecule has 0 bridgehead atoms. The highest BCUT2D eigenvalue weighted by Gasteiger charge is 2.10. The Hall–Kier alpha value is -1.86. The van der Waals surface area contributed by atoms with Crippen LogP contribution in [0.5, 0.6) is 0 Å². The molecule has 24 heavy (non-hydrogen) atoms. The van der Waals surface area contributed by atoms with E-state index in [1.807, 2.05) is 0 Å². The number of hydrogen-bond acceptors (Lipinski definition) is 6. The Bertz CT molecular complexity index is 683. The molecule has 0 aliphatic rings. The summed E-state index contributed by atoms with van der Waals surface area (Å²) in [6.45, 7) is 4.16. The zero-order chi connectivity index (χ0) is 17.4. The third-order valence-corrected chi connectivity index (χ3v) is 4.86. The van der Waals surface area contributed by atoms with Crippen molar-refractivity contribution in [1.29, 1.82) is 0 Å². The van der Waals surface area contributed by atoms with Crippen molar-refractivity contribution in [2.24, 2.45) is 0 Å². The van der Waals surface area contributed by atoms with Crippen molar-refractivity contribution in [3.05, 3.63) is 46.5 Å². The Morgan fingerprint density at radius 2 is 2.04 bits per heavy atom. The summed E-state index contributed by atoms with van der Waals surface area (Å²) in [6, 6.07) is 8.28. The van der Waals surface area contributed by atoms with E-state index in [0.717, 1.165) is 5.75 Å². The third kappa shape index (κ3) is 6.33. The summed E-state index contributed by atoms with van der Waals surface area (Å²) >= 11 is 2.86. The van der Waals surface area contributed by atoms with Gasteiger partial charge in [0, 0.05) is 11.1 Å². The average Bonchev–Trinajstić information content (AvgIpc) is 2.96. The smallest absolute Gasteiger partial charge is 0.311 e. The fourth-order valence-electron chi connectivity index (χ4n) is 1.91. The van der Waals surface area contributed by atoms with Crippen LogP contribution in [0.25, 0.3) is 0 Å². The van der Waals surface area contributed by atoms with E-state index in [1.165, 1.54) is 22.5 Å². The zero-order valence-electron chi connectivity index (χ0n) is 13.7. The minimum Gasteiger partial charge on any atom is -0.466 e. The van der Waals surface area contributed by atoms with Crippen molar-refractivity contribution in [1.82, 2.24) is 4.98 Å². The molecule has 1 N–H and O–H groups in total. The van der Waals surface area contributed by atoms with Crippen LogP contribution in [0.3, 0.4) is 0 Å². The maximum absolute atomic E-state index is 11.9. The molecule has 1 aromatic heterocycles. The normalized spacial score (nSPS) is 10.4. The van der Waals surface area contributed by atoms with Gasteiger partial charge in [-0.05, 0) is 19.4 Å². The second-order valence-corrected chi connectivity index (χ2v) is 7.00. The van der Waals surface area contributed by atoms with Crippen molar-refractivity contribution in [2.45, 2.75) is 26.0 Å². The minimum atomic E-state index is -0.311. The molecule has 2 rings (SSSR count). The quantitative estimate of drug-likeness (QED) is 0.727. The molecule has 0 aliphatic heterocycles. The summed E-state index contributed by atoms with van der Waals surface area (Å²) in [5, 5.41) is 5.02. The van der Waals surface area contributed by atoms with Gasteiger partial charge in [-0.15, -0.1) is 23.1 Å². The predicted molar refractivity (Wildman–Crippen MR) is 98.4 cm³/mol. The molecule has 1 aromatic carbocycles. The van der Waals surface area contributed by atoms with Gasteiger partial charge in [0.2, 0.25) is 5.91 Å². The monoisotopic (exact) mass is 364 g/mol. The second-order valence-electron chi connectivity index (χ2n) is 5.15. The number of anilines is 1. The number of nitrogens with zero attached hydrogens (tertiary/aromatic N) is 1. The van der Waals surface area contributed by atoms with Gasteiger partial charge in [-0.2, -0.15) is 0 Å². The van der Waals surface area contributed by atoms with Crippen LogP contribution in [0.2, 0.25) is 0 Å². The summed E-state index contributed by atoms with van der Waals surface area (Å²) in [7, 11) is 0. The summed E-state index contributed by atoms with van der Waals surface area (Å²) < 4.78 is 4.87. The molecule has 0 spiro atoms. The topological polar surface area (TPSA) is 68.3 Å². The van der Waals surface area contributed by atoms with E-state index in [4.69, 9.17) is 4.74 Å². The molecular weight excluding hydrogens is 344 g/mol. The van der Waals surface area contributed by atoms with Gasteiger partial charge in [0.1, 0.15) is 0 Å². The number of thiazole rings is 1. The lowest BCUT2D eigenvalue weighted by Gasteiger charge is -2.03. The van der Waals surface area contributed by atoms with Crippen molar-refractivity contribution < 1.29 is 14.3 Å². The first-order chi connectivity index (χ1) is 11.6. The summed E-state index contributed by atoms with van der Waals surface area (Å²) in [4.78, 5) is 27.6. The number of aryl methyl sites for hydroxylation is 1. The SMILES string of the molecule is CCOC(=O)Cc1csc(NC(=O)CSCc2ccc(C)cc2)n1. The van der Waals surface area contributed by atoms with E-state index in [-0.39, 0.29) is 18.3 Å². The van der Waals surface area contributed by atoms with E-state index in [0.29, 0.717) is 23.2 Å². The largest absolute Gasteiger partial charge is 0.466 e. The fraction of sp³-hybridized carbons (Fsp3) is 0.353. The van der Waals surface area contributed by atoms with Crippen LogP contribution in [0, 0.1) is 6.92 Å². The molecule has 0 atom stereocenters. The van der Waals surface area contributed by atoms with Crippen LogP contribution in [0.4, 0.5) is 5.13 Å². The first kappa shape index (κ1) is 18.5. The average molecular weight is 364 g/mol. The van der Waals surface area contributed by atoms with Crippen molar-refractivity contribution in [2.75, 3.05) is 17.7 Å². The lowest BCUT2D eigenvalue weighted by molar-refractivity contribution is -0.142. The highest BCUT2D eigenvalue weighted by atomic mass is 32.2. The molecule has 0 saturated carbocycles. The van der Waals surface area contributed by atoms with Gasteiger partial charge in [-0.25, -0.2) is 4.98 Å². The van der Waals surface area contributed by atoms with E-state index < -0.39 is 0 Å². The van der Waals surface area contributed by atoms with E-state index >= 15 is 0 Å². The molecule has 0 saturated heterocycles. The first-order valence-electron chi connectivity index (χ1n) is 7.60. The molecule has 5 nitrogen and oxygen atoms in total. The maximum atomic E-state index is 11.9. The van der Waals surface area contributed by atoms with Gasteiger partial charge >= 0.3 is 5.97 Å². The van der Waals surface area contributed by atoms with Crippen LogP contribution < -0.4 is 5.32 Å². The number of aromatic nitrogens is 1. The fourth-order valence-corrected chi connectivity index (χ4v) is 3.42. The number of benzene rings is 1. The van der Waals surface area contributed by atoms with Crippen molar-refractivity contribution in [3.63, 3.8) is 0 Å². The first-order valence-corrected chi connectivity index (χ1v) is 9.63. The Kier molecular flexibility index (Phi) is 7.27. The number of thioether (sulfide) groups is 1. The predicted octanol–water partition coefficient (Wildman–Crippen LogP) is 3.43. The van der Waals surface area contributed by atoms with Crippen LogP contribution in [-0.2, 0) is 26.5 Å². The molecule has 0 unspecified atom stereocenters.